The molecule has 0 amide bonds. The summed E-state index contributed by atoms with van der Waals surface area (Å²) in [4.78, 5) is 0. The van der Waals surface area contributed by atoms with Gasteiger partial charge in [0.25, 0.3) is 0 Å². The van der Waals surface area contributed by atoms with Crippen LogP contribution in [0.2, 0.25) is 0 Å². The Morgan fingerprint density at radius 1 is 1.17 bits per heavy atom. The van der Waals surface area contributed by atoms with E-state index >= 15 is 0 Å². The second-order valence-corrected chi connectivity index (χ2v) is 4.05. The average Bonchev–Trinajstić information content (AvgIpc) is 2.06. The van der Waals surface area contributed by atoms with Gasteiger partial charge in [-0.1, -0.05) is 39.5 Å². The lowest BCUT2D eigenvalue weighted by molar-refractivity contribution is 0.431. The lowest BCUT2D eigenvalue weighted by Crippen LogP contribution is -2.00. The zero-order valence-electron chi connectivity index (χ0n) is 8.18. The zero-order valence-corrected chi connectivity index (χ0v) is 8.99. The molecular formula is C10H19NS. The van der Waals surface area contributed by atoms with Crippen LogP contribution in [0.4, 0.5) is 0 Å². The van der Waals surface area contributed by atoms with Gasteiger partial charge in [0.15, 0.2) is 0 Å². The van der Waals surface area contributed by atoms with Crippen molar-refractivity contribution >= 4 is 11.8 Å². The van der Waals surface area contributed by atoms with Gasteiger partial charge in [-0.2, -0.15) is 5.26 Å². The minimum atomic E-state index is 0.862. The van der Waals surface area contributed by atoms with E-state index < -0.39 is 0 Å². The molecule has 12 heavy (non-hydrogen) atoms. The molecule has 0 fully saturated rings. The van der Waals surface area contributed by atoms with Gasteiger partial charge in [0, 0.05) is 5.75 Å². The molecule has 0 aromatic rings. The summed E-state index contributed by atoms with van der Waals surface area (Å²) in [6.45, 7) is 4.47. The molecule has 0 aromatic heterocycles. The molecular weight excluding hydrogens is 166 g/mol. The highest BCUT2D eigenvalue weighted by Gasteiger charge is 2.05. The SMILES string of the molecule is CCCC(CCC)CCSC#N. The first kappa shape index (κ1) is 11.8. The fourth-order valence-electron chi connectivity index (χ4n) is 1.52. The maximum Gasteiger partial charge on any atom is 0.133 e. The quantitative estimate of drug-likeness (QED) is 0.445. The van der Waals surface area contributed by atoms with Crippen LogP contribution >= 0.6 is 11.8 Å². The average molecular weight is 185 g/mol. The Hall–Kier alpha value is -0.160. The van der Waals surface area contributed by atoms with E-state index in [-0.39, 0.29) is 0 Å². The fourth-order valence-corrected chi connectivity index (χ4v) is 2.06. The lowest BCUT2D eigenvalue weighted by atomic mass is 9.96. The molecule has 0 N–H and O–H groups in total. The number of nitriles is 1. The predicted octanol–water partition coefficient (Wildman–Crippen LogP) is 3.81. The van der Waals surface area contributed by atoms with E-state index in [1.54, 1.807) is 0 Å². The van der Waals surface area contributed by atoms with Crippen molar-refractivity contribution in [2.45, 2.75) is 46.0 Å². The molecule has 0 aliphatic heterocycles. The number of rotatable bonds is 7. The highest BCUT2D eigenvalue weighted by atomic mass is 32.2. The highest BCUT2D eigenvalue weighted by molar-refractivity contribution is 8.03. The van der Waals surface area contributed by atoms with Crippen molar-refractivity contribution < 1.29 is 0 Å². The first-order chi connectivity index (χ1) is 5.85. The molecule has 1 nitrogen and oxygen atoms in total. The van der Waals surface area contributed by atoms with Gasteiger partial charge in [-0.15, -0.1) is 0 Å². The fraction of sp³-hybridized carbons (Fsp3) is 0.900. The Morgan fingerprint density at radius 2 is 1.75 bits per heavy atom. The van der Waals surface area contributed by atoms with Crippen LogP contribution < -0.4 is 0 Å². The molecule has 0 spiro atoms. The minimum absolute atomic E-state index is 0.862. The summed E-state index contributed by atoms with van der Waals surface area (Å²) in [5, 5.41) is 10.5. The van der Waals surface area contributed by atoms with Crippen molar-refractivity contribution in [1.29, 1.82) is 5.26 Å². The van der Waals surface area contributed by atoms with Gasteiger partial charge in [-0.3, -0.25) is 0 Å². The summed E-state index contributed by atoms with van der Waals surface area (Å²) < 4.78 is 0. The Labute approximate surface area is 80.5 Å². The third-order valence-electron chi connectivity index (χ3n) is 2.09. The normalized spacial score (nSPS) is 10.2. The van der Waals surface area contributed by atoms with Gasteiger partial charge >= 0.3 is 0 Å². The Kier molecular flexibility index (Phi) is 8.81. The molecule has 0 atom stereocenters. The minimum Gasteiger partial charge on any atom is -0.185 e. The maximum absolute atomic E-state index is 8.35. The monoisotopic (exact) mass is 185 g/mol. The third-order valence-corrected chi connectivity index (χ3v) is 2.66. The van der Waals surface area contributed by atoms with Crippen molar-refractivity contribution in [3.05, 3.63) is 0 Å². The van der Waals surface area contributed by atoms with Crippen LogP contribution in [0, 0.1) is 16.6 Å². The molecule has 0 saturated heterocycles. The Morgan fingerprint density at radius 3 is 2.17 bits per heavy atom. The molecule has 0 heterocycles. The molecule has 0 bridgehead atoms. The molecule has 0 aliphatic rings. The second-order valence-electron chi connectivity index (χ2n) is 3.17. The molecule has 0 radical (unpaired) electrons. The molecule has 0 saturated carbocycles. The molecule has 0 rings (SSSR count). The zero-order chi connectivity index (χ0) is 9.23. The number of thioether (sulfide) groups is 1. The summed E-state index contributed by atoms with van der Waals surface area (Å²) in [5.74, 6) is 1.88. The summed E-state index contributed by atoms with van der Waals surface area (Å²) in [6.07, 6.45) is 6.45. The van der Waals surface area contributed by atoms with E-state index in [0.29, 0.717) is 0 Å². The molecule has 0 unspecified atom stereocenters. The van der Waals surface area contributed by atoms with Crippen LogP contribution in [0.25, 0.3) is 0 Å². The number of hydrogen-bond acceptors (Lipinski definition) is 2. The molecule has 70 valence electrons. The van der Waals surface area contributed by atoms with Crippen molar-refractivity contribution in [3.63, 3.8) is 0 Å². The summed E-state index contributed by atoms with van der Waals surface area (Å²) >= 11 is 1.39. The smallest absolute Gasteiger partial charge is 0.133 e. The van der Waals surface area contributed by atoms with Crippen LogP contribution in [0.3, 0.4) is 0 Å². The first-order valence-electron chi connectivity index (χ1n) is 4.86. The van der Waals surface area contributed by atoms with Crippen molar-refractivity contribution in [2.75, 3.05) is 5.75 Å². The number of hydrogen-bond donors (Lipinski definition) is 0. The van der Waals surface area contributed by atoms with Gasteiger partial charge in [0.2, 0.25) is 0 Å². The van der Waals surface area contributed by atoms with Gasteiger partial charge < -0.3 is 0 Å². The number of nitrogens with zero attached hydrogens (tertiary/aromatic N) is 1. The second kappa shape index (κ2) is 8.93. The van der Waals surface area contributed by atoms with E-state index in [1.807, 2.05) is 0 Å². The van der Waals surface area contributed by atoms with E-state index in [2.05, 4.69) is 19.2 Å². The first-order valence-corrected chi connectivity index (χ1v) is 5.84. The maximum atomic E-state index is 8.35. The Bertz CT molecular complexity index is 122. The lowest BCUT2D eigenvalue weighted by Gasteiger charge is -2.13. The third kappa shape index (κ3) is 6.54. The van der Waals surface area contributed by atoms with Gasteiger partial charge in [0.05, 0.1) is 0 Å². The van der Waals surface area contributed by atoms with E-state index in [9.17, 15) is 0 Å². The summed E-state index contributed by atoms with van der Waals surface area (Å²) in [5.41, 5.74) is 0. The standard InChI is InChI=1S/C10H19NS/c1-3-5-10(6-4-2)7-8-12-9-11/h10H,3-8H2,1-2H3. The predicted molar refractivity (Wildman–Crippen MR) is 56.0 cm³/mol. The van der Waals surface area contributed by atoms with Crippen LogP contribution in [-0.2, 0) is 0 Å². The molecule has 0 aromatic carbocycles. The van der Waals surface area contributed by atoms with Crippen molar-refractivity contribution in [1.82, 2.24) is 0 Å². The number of thiocyanates is 1. The van der Waals surface area contributed by atoms with Crippen molar-refractivity contribution in [2.24, 2.45) is 5.92 Å². The van der Waals surface area contributed by atoms with Crippen LogP contribution in [0.5, 0.6) is 0 Å². The van der Waals surface area contributed by atoms with Crippen LogP contribution in [0.1, 0.15) is 46.0 Å². The van der Waals surface area contributed by atoms with Gasteiger partial charge in [-0.25, -0.2) is 0 Å². The highest BCUT2D eigenvalue weighted by Crippen LogP contribution is 2.19. The topological polar surface area (TPSA) is 23.8 Å². The summed E-state index contributed by atoms with van der Waals surface area (Å²) in [6, 6.07) is 0. The van der Waals surface area contributed by atoms with E-state index in [1.165, 1.54) is 43.9 Å². The Balaban J connectivity index is 3.42. The molecule has 0 aliphatic carbocycles. The van der Waals surface area contributed by atoms with E-state index in [4.69, 9.17) is 5.26 Å². The van der Waals surface area contributed by atoms with Gasteiger partial charge in [0.1, 0.15) is 5.40 Å². The summed E-state index contributed by atoms with van der Waals surface area (Å²) in [7, 11) is 0. The van der Waals surface area contributed by atoms with Crippen molar-refractivity contribution in [3.8, 4) is 5.40 Å². The van der Waals surface area contributed by atoms with Crippen LogP contribution in [0.15, 0.2) is 0 Å². The van der Waals surface area contributed by atoms with E-state index in [0.717, 1.165) is 11.7 Å². The molecule has 2 heteroatoms. The van der Waals surface area contributed by atoms with Gasteiger partial charge in [-0.05, 0) is 24.1 Å². The van der Waals surface area contributed by atoms with Crippen LogP contribution in [-0.4, -0.2) is 5.75 Å². The largest absolute Gasteiger partial charge is 0.185 e.